The Morgan fingerprint density at radius 2 is 2.00 bits per heavy atom. The van der Waals surface area contributed by atoms with Gasteiger partial charge in [-0.2, -0.15) is 0 Å². The van der Waals surface area contributed by atoms with Gasteiger partial charge in [-0.3, -0.25) is 0 Å². The molecule has 0 aliphatic carbocycles. The van der Waals surface area contributed by atoms with E-state index in [0.717, 1.165) is 6.42 Å². The molecule has 0 saturated heterocycles. The molecular formula is C8H14K2N2O2S2. The van der Waals surface area contributed by atoms with Crippen molar-refractivity contribution in [1.29, 1.82) is 0 Å². The third-order valence-corrected chi connectivity index (χ3v) is 2.29. The molecule has 0 spiro atoms. The smallest absolute Gasteiger partial charge is 0.548 e. The maximum Gasteiger partial charge on any atom is 1.00 e. The van der Waals surface area contributed by atoms with Crippen molar-refractivity contribution < 1.29 is 113 Å². The monoisotopic (exact) mass is 312 g/mol. The molecule has 0 bridgehead atoms. The molecular weight excluding hydrogens is 298 g/mol. The van der Waals surface area contributed by atoms with Crippen molar-refractivity contribution in [2.24, 2.45) is 5.92 Å². The third kappa shape index (κ3) is 9.70. The van der Waals surface area contributed by atoms with Gasteiger partial charge in [-0.1, -0.05) is 20.3 Å². The average Bonchev–Trinajstić information content (AvgIpc) is 2.01. The van der Waals surface area contributed by atoms with Crippen LogP contribution in [0.5, 0.6) is 0 Å². The molecule has 4 nitrogen and oxygen atoms in total. The number of thiocarbonyl (C=S) groups is 1. The van der Waals surface area contributed by atoms with Crippen LogP contribution in [-0.4, -0.2) is 28.4 Å². The minimum Gasteiger partial charge on any atom is -0.548 e. The molecule has 0 unspecified atom stereocenters. The molecule has 0 aromatic carbocycles. The number of hydrogen-bond acceptors (Lipinski definition) is 5. The van der Waals surface area contributed by atoms with Gasteiger partial charge in [-0.15, -0.1) is 0 Å². The van der Waals surface area contributed by atoms with Crippen LogP contribution in [0.1, 0.15) is 20.3 Å². The first-order valence-electron chi connectivity index (χ1n) is 4.31. The molecule has 0 aromatic rings. The molecule has 0 rings (SSSR count). The number of likely N-dealkylation sites (N-methyl/N-ethyl adjacent to an activating group) is 1. The molecule has 0 aliphatic rings. The number of aliphatic carboxylic acids is 1. The maximum absolute atomic E-state index is 10.9. The SMILES string of the molecule is CC[C@H](C)[C@@H](C(=O)[O-])N(C)NC(=S)[S-].[K+].[K+]. The number of rotatable bonds is 5. The summed E-state index contributed by atoms with van der Waals surface area (Å²) in [6.07, 6.45) is 0.745. The standard InChI is InChI=1S/C8H16N2O2S2.2K/c1-4-5(2)6(7(11)12)10(3)9-8(13)14;;/h5-6H,4H2,1-3H3,(H,11,12)(H2,9,13,14);;/q;2*+1/p-2/t5-,6-;;/m0../s1. The van der Waals surface area contributed by atoms with Crippen molar-refractivity contribution in [3.8, 4) is 0 Å². The van der Waals surface area contributed by atoms with Gasteiger partial charge in [0.25, 0.3) is 0 Å². The van der Waals surface area contributed by atoms with Gasteiger partial charge >= 0.3 is 103 Å². The second-order valence-corrected chi connectivity index (χ2v) is 4.23. The molecule has 0 heterocycles. The number of hydrogen-bond donors (Lipinski definition) is 1. The van der Waals surface area contributed by atoms with Crippen LogP contribution in [-0.2, 0) is 17.4 Å². The summed E-state index contributed by atoms with van der Waals surface area (Å²) < 4.78 is 0.127. The summed E-state index contributed by atoms with van der Waals surface area (Å²) in [7, 11) is 1.59. The van der Waals surface area contributed by atoms with E-state index in [0.29, 0.717) is 0 Å². The minimum absolute atomic E-state index is 0. The van der Waals surface area contributed by atoms with E-state index in [1.54, 1.807) is 7.05 Å². The van der Waals surface area contributed by atoms with E-state index in [9.17, 15) is 9.90 Å². The Labute approximate surface area is 193 Å². The zero-order chi connectivity index (χ0) is 11.3. The predicted octanol–water partition coefficient (Wildman–Crippen LogP) is -6.57. The van der Waals surface area contributed by atoms with Gasteiger partial charge in [0, 0.05) is 7.05 Å². The first-order chi connectivity index (χ1) is 6.40. The average molecular weight is 313 g/mol. The number of carboxylic acid groups (broad SMARTS) is 1. The Morgan fingerprint density at radius 1 is 1.56 bits per heavy atom. The minimum atomic E-state index is -1.12. The molecule has 1 N–H and O–H groups in total. The van der Waals surface area contributed by atoms with Crippen molar-refractivity contribution in [3.63, 3.8) is 0 Å². The molecule has 16 heavy (non-hydrogen) atoms. The van der Waals surface area contributed by atoms with Crippen LogP contribution in [0.3, 0.4) is 0 Å². The fourth-order valence-electron chi connectivity index (χ4n) is 1.21. The topological polar surface area (TPSA) is 55.4 Å². The quantitative estimate of drug-likeness (QED) is 0.236. The van der Waals surface area contributed by atoms with Crippen LogP contribution < -0.4 is 113 Å². The number of carboxylic acids is 1. The van der Waals surface area contributed by atoms with Crippen LogP contribution in [0, 0.1) is 5.92 Å². The van der Waals surface area contributed by atoms with Crippen LogP contribution in [0.15, 0.2) is 0 Å². The van der Waals surface area contributed by atoms with Gasteiger partial charge in [0.15, 0.2) is 0 Å². The number of nitrogens with zero attached hydrogens (tertiary/aromatic N) is 1. The number of carbonyl (C=O) groups excluding carboxylic acids is 1. The van der Waals surface area contributed by atoms with Gasteiger partial charge in [0.05, 0.1) is 12.0 Å². The fraction of sp³-hybridized carbons (Fsp3) is 0.750. The van der Waals surface area contributed by atoms with E-state index >= 15 is 0 Å². The summed E-state index contributed by atoms with van der Waals surface area (Å²) in [4.78, 5) is 10.9. The van der Waals surface area contributed by atoms with Gasteiger partial charge < -0.3 is 40.2 Å². The molecule has 0 aliphatic heterocycles. The van der Waals surface area contributed by atoms with E-state index in [-0.39, 0.29) is 113 Å². The van der Waals surface area contributed by atoms with Gasteiger partial charge in [0.1, 0.15) is 0 Å². The zero-order valence-corrected chi connectivity index (χ0v) is 18.3. The number of hydrazine groups is 1. The van der Waals surface area contributed by atoms with E-state index in [1.807, 2.05) is 13.8 Å². The fourth-order valence-corrected chi connectivity index (χ4v) is 1.50. The third-order valence-electron chi connectivity index (χ3n) is 2.11. The normalized spacial score (nSPS) is 13.0. The molecule has 82 valence electrons. The van der Waals surface area contributed by atoms with Gasteiger partial charge in [0.2, 0.25) is 0 Å². The van der Waals surface area contributed by atoms with Crippen molar-refractivity contribution in [3.05, 3.63) is 0 Å². The van der Waals surface area contributed by atoms with Gasteiger partial charge in [-0.25, -0.2) is 5.01 Å². The molecule has 0 amide bonds. The summed E-state index contributed by atoms with van der Waals surface area (Å²) >= 11 is 9.30. The molecule has 8 heteroatoms. The first-order valence-corrected chi connectivity index (χ1v) is 5.13. The molecule has 0 fully saturated rings. The van der Waals surface area contributed by atoms with Crippen molar-refractivity contribution >= 4 is 35.1 Å². The number of carbonyl (C=O) groups is 1. The Kier molecular flexibility index (Phi) is 19.1. The van der Waals surface area contributed by atoms with Crippen molar-refractivity contribution in [2.75, 3.05) is 7.05 Å². The van der Waals surface area contributed by atoms with Crippen LogP contribution in [0.25, 0.3) is 0 Å². The second-order valence-electron chi connectivity index (χ2n) is 3.16. The maximum atomic E-state index is 10.9. The summed E-state index contributed by atoms with van der Waals surface area (Å²) in [5, 5.41) is 12.2. The van der Waals surface area contributed by atoms with Crippen LogP contribution >= 0.6 is 12.2 Å². The van der Waals surface area contributed by atoms with Crippen LogP contribution in [0.4, 0.5) is 0 Å². The number of nitrogens with one attached hydrogen (secondary N) is 1. The Morgan fingerprint density at radius 3 is 2.25 bits per heavy atom. The van der Waals surface area contributed by atoms with E-state index in [2.05, 4.69) is 30.3 Å². The molecule has 2 atom stereocenters. The summed E-state index contributed by atoms with van der Waals surface area (Å²) in [5.41, 5.74) is 2.60. The Hall–Kier alpha value is 2.81. The largest absolute Gasteiger partial charge is 1.00 e. The van der Waals surface area contributed by atoms with Crippen molar-refractivity contribution in [1.82, 2.24) is 10.4 Å². The van der Waals surface area contributed by atoms with E-state index in [4.69, 9.17) is 0 Å². The predicted molar refractivity (Wildman–Crippen MR) is 59.1 cm³/mol. The molecule has 0 aromatic heterocycles. The molecule has 0 radical (unpaired) electrons. The summed E-state index contributed by atoms with van der Waals surface area (Å²) in [5.74, 6) is -1.15. The zero-order valence-electron chi connectivity index (χ0n) is 10.4. The van der Waals surface area contributed by atoms with Gasteiger partial charge in [-0.05, 0) is 10.2 Å². The Balaban J connectivity index is -0.000000845. The van der Waals surface area contributed by atoms with Crippen molar-refractivity contribution in [2.45, 2.75) is 26.3 Å². The Bertz CT molecular complexity index is 232. The second kappa shape index (κ2) is 12.8. The summed E-state index contributed by atoms with van der Waals surface area (Å²) in [6.45, 7) is 3.76. The van der Waals surface area contributed by atoms with E-state index < -0.39 is 12.0 Å². The van der Waals surface area contributed by atoms with Crippen LogP contribution in [0.2, 0.25) is 0 Å². The first kappa shape index (κ1) is 23.9. The molecule has 0 saturated carbocycles. The van der Waals surface area contributed by atoms with E-state index in [1.165, 1.54) is 5.01 Å². The summed E-state index contributed by atoms with van der Waals surface area (Å²) in [6, 6.07) is -0.721.